The largest absolute Gasteiger partial charge is 0.381 e. The van der Waals surface area contributed by atoms with Crippen molar-refractivity contribution in [2.45, 2.75) is 44.2 Å². The van der Waals surface area contributed by atoms with Crippen LogP contribution < -0.4 is 11.2 Å². The van der Waals surface area contributed by atoms with Crippen molar-refractivity contribution in [3.05, 3.63) is 0 Å². The van der Waals surface area contributed by atoms with E-state index in [4.69, 9.17) is 10.5 Å². The van der Waals surface area contributed by atoms with E-state index < -0.39 is 35.8 Å². The Morgan fingerprint density at radius 2 is 2.28 bits per heavy atom. The van der Waals surface area contributed by atoms with E-state index in [0.717, 1.165) is 0 Å². The Hall–Kier alpha value is -1.29. The number of urea groups is 1. The molecule has 0 aromatic rings. The highest BCUT2D eigenvalue weighted by molar-refractivity contribution is 5.98. The van der Waals surface area contributed by atoms with Gasteiger partial charge in [0.1, 0.15) is 0 Å². The molecule has 0 radical (unpaired) electrons. The van der Waals surface area contributed by atoms with Gasteiger partial charge in [-0.15, -0.1) is 0 Å². The molecule has 8 nitrogen and oxygen atoms in total. The molecule has 2 rings (SSSR count). The maximum absolute atomic E-state index is 14.2. The third-order valence-corrected chi connectivity index (χ3v) is 2.85. The number of ether oxygens (including phenoxy) is 1. The molecule has 9 heteroatoms. The van der Waals surface area contributed by atoms with E-state index >= 15 is 0 Å². The van der Waals surface area contributed by atoms with Crippen LogP contribution in [0.5, 0.6) is 0 Å². The predicted octanol–water partition coefficient (Wildman–Crippen LogP) is -1.21. The predicted molar refractivity (Wildman–Crippen MR) is 57.6 cm³/mol. The summed E-state index contributed by atoms with van der Waals surface area (Å²) in [5, 5.41) is 19.5. The first-order chi connectivity index (χ1) is 8.13. The number of carbonyl (C=O) groups excluding carboxylic acids is 1. The van der Waals surface area contributed by atoms with Gasteiger partial charge in [-0.05, 0) is 13.8 Å². The SMILES string of the molecule is CC1CC(C)(F)C(N2NC(O)(O)C(N)=NC2=O)O1. The summed E-state index contributed by atoms with van der Waals surface area (Å²) in [5.74, 6) is -3.42. The topological polar surface area (TPSA) is 120 Å². The van der Waals surface area contributed by atoms with Crippen LogP contribution in [0.4, 0.5) is 9.18 Å². The van der Waals surface area contributed by atoms with Crippen molar-refractivity contribution in [1.82, 2.24) is 10.4 Å². The minimum atomic E-state index is -2.71. The molecular weight excluding hydrogens is 247 g/mol. The molecule has 102 valence electrons. The standard InChI is InChI=1S/C9H15FN4O4/c1-4-3-8(2,10)6(18-4)14-7(15)12-5(11)9(16,17)13-14/h4,6,13,16-17H,3H2,1-2H3,(H2,11,12,15). The number of hydrazine groups is 1. The lowest BCUT2D eigenvalue weighted by atomic mass is 10.0. The zero-order valence-electron chi connectivity index (χ0n) is 9.92. The zero-order chi connectivity index (χ0) is 13.7. The summed E-state index contributed by atoms with van der Waals surface area (Å²) >= 11 is 0. The van der Waals surface area contributed by atoms with Gasteiger partial charge >= 0.3 is 11.9 Å². The first kappa shape index (κ1) is 13.1. The van der Waals surface area contributed by atoms with E-state index in [1.807, 2.05) is 5.43 Å². The molecule has 2 heterocycles. The van der Waals surface area contributed by atoms with Crippen molar-refractivity contribution in [2.75, 3.05) is 0 Å². The van der Waals surface area contributed by atoms with Crippen LogP contribution in [0.3, 0.4) is 0 Å². The molecule has 2 aliphatic rings. The first-order valence-corrected chi connectivity index (χ1v) is 5.38. The highest BCUT2D eigenvalue weighted by Gasteiger charge is 2.52. The Kier molecular flexibility index (Phi) is 2.81. The Bertz CT molecular complexity index is 411. The number of nitrogens with two attached hydrogens (primary N) is 1. The van der Waals surface area contributed by atoms with E-state index in [9.17, 15) is 19.4 Å². The molecule has 5 N–H and O–H groups in total. The van der Waals surface area contributed by atoms with Crippen LogP contribution in [0.15, 0.2) is 4.99 Å². The maximum atomic E-state index is 14.2. The number of halogens is 1. The summed E-state index contributed by atoms with van der Waals surface area (Å²) in [6.07, 6.45) is -1.64. The molecule has 0 saturated carbocycles. The number of alkyl halides is 1. The number of aliphatic imine (C=N–C) groups is 1. The van der Waals surface area contributed by atoms with E-state index in [1.54, 1.807) is 6.92 Å². The second-order valence-electron chi connectivity index (χ2n) is 4.71. The molecule has 0 spiro atoms. The number of hydrogen-bond donors (Lipinski definition) is 4. The molecule has 0 bridgehead atoms. The van der Waals surface area contributed by atoms with Gasteiger partial charge in [-0.1, -0.05) is 0 Å². The molecule has 1 fully saturated rings. The Labute approximate surface area is 102 Å². The monoisotopic (exact) mass is 262 g/mol. The molecule has 1 saturated heterocycles. The van der Waals surface area contributed by atoms with Gasteiger partial charge < -0.3 is 20.7 Å². The van der Waals surface area contributed by atoms with Crippen LogP contribution in [0, 0.1) is 0 Å². The number of amides is 2. The lowest BCUT2D eigenvalue weighted by molar-refractivity contribution is -0.199. The van der Waals surface area contributed by atoms with E-state index in [-0.39, 0.29) is 6.42 Å². The highest BCUT2D eigenvalue weighted by Crippen LogP contribution is 2.36. The van der Waals surface area contributed by atoms with Gasteiger partial charge in [0, 0.05) is 6.42 Å². The van der Waals surface area contributed by atoms with E-state index in [0.29, 0.717) is 5.01 Å². The van der Waals surface area contributed by atoms with Gasteiger partial charge in [-0.2, -0.15) is 10.4 Å². The van der Waals surface area contributed by atoms with Crippen molar-refractivity contribution in [3.63, 3.8) is 0 Å². The first-order valence-electron chi connectivity index (χ1n) is 5.38. The molecule has 2 amide bonds. The molecule has 2 aliphatic heterocycles. The van der Waals surface area contributed by atoms with E-state index in [1.165, 1.54) is 6.92 Å². The number of rotatable bonds is 1. The summed E-state index contributed by atoms with van der Waals surface area (Å²) in [4.78, 5) is 14.8. The van der Waals surface area contributed by atoms with Crippen LogP contribution in [0.1, 0.15) is 20.3 Å². The van der Waals surface area contributed by atoms with Crippen molar-refractivity contribution >= 4 is 11.9 Å². The Balaban J connectivity index is 2.28. The summed E-state index contributed by atoms with van der Waals surface area (Å²) in [5.41, 5.74) is 5.32. The third-order valence-electron chi connectivity index (χ3n) is 2.85. The average molecular weight is 262 g/mol. The minimum Gasteiger partial charge on any atom is -0.381 e. The fourth-order valence-corrected chi connectivity index (χ4v) is 2.07. The number of amidine groups is 1. The van der Waals surface area contributed by atoms with Crippen molar-refractivity contribution in [2.24, 2.45) is 10.7 Å². The van der Waals surface area contributed by atoms with Gasteiger partial charge in [-0.3, -0.25) is 0 Å². The average Bonchev–Trinajstić information content (AvgIpc) is 2.46. The quantitative estimate of drug-likeness (QED) is 0.440. The van der Waals surface area contributed by atoms with Gasteiger partial charge in [0.2, 0.25) is 0 Å². The number of aliphatic hydroxyl groups is 2. The van der Waals surface area contributed by atoms with Crippen molar-refractivity contribution in [1.29, 1.82) is 0 Å². The lowest BCUT2D eigenvalue weighted by Crippen LogP contribution is -2.69. The summed E-state index contributed by atoms with van der Waals surface area (Å²) in [7, 11) is 0. The van der Waals surface area contributed by atoms with Crippen LogP contribution in [0.2, 0.25) is 0 Å². The molecule has 0 aromatic carbocycles. The fourth-order valence-electron chi connectivity index (χ4n) is 2.07. The Morgan fingerprint density at radius 3 is 2.78 bits per heavy atom. The fraction of sp³-hybridized carbons (Fsp3) is 0.778. The summed E-state index contributed by atoms with van der Waals surface area (Å²) in [6.45, 7) is 2.91. The molecule has 18 heavy (non-hydrogen) atoms. The van der Waals surface area contributed by atoms with Crippen LogP contribution in [0.25, 0.3) is 0 Å². The Morgan fingerprint density at radius 1 is 1.67 bits per heavy atom. The number of carbonyl (C=O) groups is 1. The van der Waals surface area contributed by atoms with E-state index in [2.05, 4.69) is 4.99 Å². The summed E-state index contributed by atoms with van der Waals surface area (Å²) in [6, 6.07) is -0.950. The third kappa shape index (κ3) is 2.05. The van der Waals surface area contributed by atoms with Crippen molar-refractivity contribution in [3.8, 4) is 0 Å². The molecular formula is C9H15FN4O4. The second-order valence-corrected chi connectivity index (χ2v) is 4.71. The second kappa shape index (κ2) is 3.85. The number of nitrogens with zero attached hydrogens (tertiary/aromatic N) is 2. The van der Waals surface area contributed by atoms with Crippen LogP contribution >= 0.6 is 0 Å². The van der Waals surface area contributed by atoms with Crippen LogP contribution in [-0.2, 0) is 4.74 Å². The highest BCUT2D eigenvalue weighted by atomic mass is 19.1. The molecule has 0 aliphatic carbocycles. The zero-order valence-corrected chi connectivity index (χ0v) is 9.92. The minimum absolute atomic E-state index is 0.0756. The van der Waals surface area contributed by atoms with Gasteiger partial charge in [0.15, 0.2) is 17.7 Å². The summed E-state index contributed by atoms with van der Waals surface area (Å²) < 4.78 is 19.5. The smallest absolute Gasteiger partial charge is 0.362 e. The van der Waals surface area contributed by atoms with Crippen molar-refractivity contribution < 1.29 is 24.1 Å². The molecule has 0 aromatic heterocycles. The van der Waals surface area contributed by atoms with Gasteiger partial charge in [0.05, 0.1) is 6.10 Å². The molecule has 3 unspecified atom stereocenters. The van der Waals surface area contributed by atoms with Gasteiger partial charge in [0.25, 0.3) is 0 Å². The normalized spacial score (nSPS) is 39.9. The number of nitrogens with one attached hydrogen (secondary N) is 1. The maximum Gasteiger partial charge on any atom is 0.362 e. The number of hydrogen-bond acceptors (Lipinski definition) is 6. The van der Waals surface area contributed by atoms with Gasteiger partial charge in [-0.25, -0.2) is 14.2 Å². The van der Waals surface area contributed by atoms with Crippen LogP contribution in [-0.4, -0.2) is 51.0 Å². The molecule has 3 atom stereocenters. The lowest BCUT2D eigenvalue weighted by Gasteiger charge is -2.38.